The summed E-state index contributed by atoms with van der Waals surface area (Å²) in [6, 6.07) is 7.20. The summed E-state index contributed by atoms with van der Waals surface area (Å²) in [4.78, 5) is 20.0. The molecule has 2 heterocycles. The molecular weight excluding hydrogens is 348 g/mol. The standard InChI is InChI=1S/C18H20N6O3/c1-26-14-4-2-5-15(27-9-3-6-19)17(14)12-10-16(24-23-12)22-18(25)13-11-20-7-8-21-13/h2,4-5,7-8,10-11H,3,6,9,19H2,1H3,(H2,22,23,24,25). The Morgan fingerprint density at radius 3 is 2.89 bits per heavy atom. The number of hydrogen-bond donors (Lipinski definition) is 3. The molecule has 3 aromatic rings. The van der Waals surface area contributed by atoms with E-state index in [4.69, 9.17) is 15.2 Å². The fraction of sp³-hybridized carbons (Fsp3) is 0.222. The fourth-order valence-electron chi connectivity index (χ4n) is 2.44. The van der Waals surface area contributed by atoms with Gasteiger partial charge < -0.3 is 20.5 Å². The molecule has 27 heavy (non-hydrogen) atoms. The molecule has 0 saturated heterocycles. The Kier molecular flexibility index (Phi) is 5.95. The van der Waals surface area contributed by atoms with Crippen molar-refractivity contribution in [3.63, 3.8) is 0 Å². The summed E-state index contributed by atoms with van der Waals surface area (Å²) in [7, 11) is 1.58. The molecular formula is C18H20N6O3. The molecule has 3 rings (SSSR count). The van der Waals surface area contributed by atoms with Crippen LogP contribution in [0, 0.1) is 0 Å². The number of anilines is 1. The lowest BCUT2D eigenvalue weighted by molar-refractivity contribution is 0.102. The van der Waals surface area contributed by atoms with Crippen molar-refractivity contribution >= 4 is 11.7 Å². The zero-order chi connectivity index (χ0) is 19.1. The van der Waals surface area contributed by atoms with E-state index in [0.717, 1.165) is 6.42 Å². The van der Waals surface area contributed by atoms with Crippen molar-refractivity contribution in [3.05, 3.63) is 48.5 Å². The van der Waals surface area contributed by atoms with E-state index in [1.54, 1.807) is 13.2 Å². The number of hydrogen-bond acceptors (Lipinski definition) is 7. The Labute approximate surface area is 155 Å². The largest absolute Gasteiger partial charge is 0.496 e. The van der Waals surface area contributed by atoms with Crippen LogP contribution in [0.2, 0.25) is 0 Å². The van der Waals surface area contributed by atoms with Crippen LogP contribution < -0.4 is 20.5 Å². The van der Waals surface area contributed by atoms with Gasteiger partial charge in [0, 0.05) is 18.5 Å². The third kappa shape index (κ3) is 4.39. The van der Waals surface area contributed by atoms with Gasteiger partial charge in [0.1, 0.15) is 17.2 Å². The summed E-state index contributed by atoms with van der Waals surface area (Å²) in [5.74, 6) is 1.20. The number of nitrogens with two attached hydrogens (primary N) is 1. The van der Waals surface area contributed by atoms with Gasteiger partial charge in [-0.05, 0) is 25.1 Å². The summed E-state index contributed by atoms with van der Waals surface area (Å²) in [5, 5.41) is 9.71. The normalized spacial score (nSPS) is 10.4. The molecule has 4 N–H and O–H groups in total. The highest BCUT2D eigenvalue weighted by Crippen LogP contribution is 2.38. The molecule has 9 nitrogen and oxygen atoms in total. The minimum atomic E-state index is -0.402. The monoisotopic (exact) mass is 368 g/mol. The molecule has 0 aliphatic rings. The zero-order valence-corrected chi connectivity index (χ0v) is 14.8. The summed E-state index contributed by atoms with van der Waals surface area (Å²) in [6.45, 7) is 1.03. The molecule has 0 saturated carbocycles. The first-order chi connectivity index (χ1) is 13.2. The number of aromatic amines is 1. The van der Waals surface area contributed by atoms with E-state index in [-0.39, 0.29) is 5.69 Å². The average molecular weight is 368 g/mol. The maximum absolute atomic E-state index is 12.2. The Bertz CT molecular complexity index is 897. The van der Waals surface area contributed by atoms with Crippen molar-refractivity contribution in [2.45, 2.75) is 6.42 Å². The first-order valence-electron chi connectivity index (χ1n) is 8.36. The van der Waals surface area contributed by atoms with Crippen LogP contribution in [-0.2, 0) is 0 Å². The van der Waals surface area contributed by atoms with Gasteiger partial charge in [-0.2, -0.15) is 5.10 Å². The number of methoxy groups -OCH3 is 1. The number of nitrogens with zero attached hydrogens (tertiary/aromatic N) is 3. The second-order valence-corrected chi connectivity index (χ2v) is 5.54. The smallest absolute Gasteiger partial charge is 0.277 e. The van der Waals surface area contributed by atoms with Crippen molar-refractivity contribution in [1.29, 1.82) is 0 Å². The molecule has 0 unspecified atom stereocenters. The third-order valence-corrected chi connectivity index (χ3v) is 3.70. The zero-order valence-electron chi connectivity index (χ0n) is 14.8. The number of amides is 1. The number of benzene rings is 1. The molecule has 2 aromatic heterocycles. The number of aromatic nitrogens is 4. The Morgan fingerprint density at radius 2 is 2.15 bits per heavy atom. The number of rotatable bonds is 8. The molecule has 140 valence electrons. The van der Waals surface area contributed by atoms with E-state index in [2.05, 4.69) is 25.5 Å². The van der Waals surface area contributed by atoms with Crippen LogP contribution in [0.1, 0.15) is 16.9 Å². The lowest BCUT2D eigenvalue weighted by Gasteiger charge is -2.13. The van der Waals surface area contributed by atoms with Crippen LogP contribution in [-0.4, -0.2) is 46.3 Å². The second-order valence-electron chi connectivity index (χ2n) is 5.54. The van der Waals surface area contributed by atoms with Crippen molar-refractivity contribution in [3.8, 4) is 22.8 Å². The Hall–Kier alpha value is -3.46. The van der Waals surface area contributed by atoms with Gasteiger partial charge in [0.25, 0.3) is 5.91 Å². The molecule has 0 aliphatic heterocycles. The highest BCUT2D eigenvalue weighted by Gasteiger charge is 2.17. The van der Waals surface area contributed by atoms with Gasteiger partial charge >= 0.3 is 0 Å². The van der Waals surface area contributed by atoms with Crippen molar-refractivity contribution in [2.24, 2.45) is 5.73 Å². The van der Waals surface area contributed by atoms with Crippen LogP contribution in [0.5, 0.6) is 11.5 Å². The van der Waals surface area contributed by atoms with Crippen LogP contribution in [0.15, 0.2) is 42.9 Å². The predicted octanol–water partition coefficient (Wildman–Crippen LogP) is 1.86. The molecule has 0 atom stereocenters. The fourth-order valence-corrected chi connectivity index (χ4v) is 2.44. The van der Waals surface area contributed by atoms with Crippen molar-refractivity contribution in [2.75, 3.05) is 25.6 Å². The van der Waals surface area contributed by atoms with Gasteiger partial charge in [-0.15, -0.1) is 0 Å². The maximum Gasteiger partial charge on any atom is 0.277 e. The third-order valence-electron chi connectivity index (χ3n) is 3.70. The van der Waals surface area contributed by atoms with Crippen molar-refractivity contribution < 1.29 is 14.3 Å². The molecule has 1 aromatic carbocycles. The summed E-state index contributed by atoms with van der Waals surface area (Å²) in [6.07, 6.45) is 5.06. The van der Waals surface area contributed by atoms with E-state index >= 15 is 0 Å². The maximum atomic E-state index is 12.2. The topological polar surface area (TPSA) is 128 Å². The van der Waals surface area contributed by atoms with E-state index < -0.39 is 5.91 Å². The SMILES string of the molecule is COc1cccc(OCCCN)c1-c1cc(NC(=O)c2cnccn2)n[nH]1. The van der Waals surface area contributed by atoms with E-state index in [1.807, 2.05) is 18.2 Å². The summed E-state index contributed by atoms with van der Waals surface area (Å²) >= 11 is 0. The number of ether oxygens (including phenoxy) is 2. The number of H-pyrrole nitrogens is 1. The van der Waals surface area contributed by atoms with E-state index in [0.29, 0.717) is 41.7 Å². The number of nitrogens with one attached hydrogen (secondary N) is 2. The average Bonchev–Trinajstić information content (AvgIpc) is 3.16. The number of carbonyl (C=O) groups excluding carboxylic acids is 1. The minimum absolute atomic E-state index is 0.199. The quantitative estimate of drug-likeness (QED) is 0.518. The van der Waals surface area contributed by atoms with Crippen LogP contribution in [0.25, 0.3) is 11.3 Å². The molecule has 0 spiro atoms. The predicted molar refractivity (Wildman–Crippen MR) is 99.7 cm³/mol. The molecule has 0 fully saturated rings. The van der Waals surface area contributed by atoms with Gasteiger partial charge in [-0.25, -0.2) is 4.98 Å². The highest BCUT2D eigenvalue weighted by molar-refractivity contribution is 6.02. The minimum Gasteiger partial charge on any atom is -0.496 e. The van der Waals surface area contributed by atoms with Gasteiger partial charge in [0.15, 0.2) is 5.82 Å². The summed E-state index contributed by atoms with van der Waals surface area (Å²) in [5.41, 5.74) is 7.08. The first kappa shape index (κ1) is 18.3. The molecule has 0 aliphatic carbocycles. The Morgan fingerprint density at radius 1 is 1.30 bits per heavy atom. The highest BCUT2D eigenvalue weighted by atomic mass is 16.5. The van der Waals surface area contributed by atoms with Crippen molar-refractivity contribution in [1.82, 2.24) is 20.2 Å². The van der Waals surface area contributed by atoms with E-state index in [1.165, 1.54) is 18.6 Å². The van der Waals surface area contributed by atoms with Gasteiger partial charge in [0.2, 0.25) is 0 Å². The second kappa shape index (κ2) is 8.77. The summed E-state index contributed by atoms with van der Waals surface area (Å²) < 4.78 is 11.3. The molecule has 0 radical (unpaired) electrons. The van der Waals surface area contributed by atoms with Crippen LogP contribution >= 0.6 is 0 Å². The van der Waals surface area contributed by atoms with E-state index in [9.17, 15) is 4.79 Å². The van der Waals surface area contributed by atoms with Crippen LogP contribution in [0.4, 0.5) is 5.82 Å². The lowest BCUT2D eigenvalue weighted by Crippen LogP contribution is -2.13. The van der Waals surface area contributed by atoms with Gasteiger partial charge in [-0.1, -0.05) is 6.07 Å². The lowest BCUT2D eigenvalue weighted by atomic mass is 10.1. The Balaban J connectivity index is 1.84. The molecule has 0 bridgehead atoms. The molecule has 1 amide bonds. The first-order valence-corrected chi connectivity index (χ1v) is 8.36. The van der Waals surface area contributed by atoms with Gasteiger partial charge in [0.05, 0.1) is 31.2 Å². The van der Waals surface area contributed by atoms with Crippen LogP contribution in [0.3, 0.4) is 0 Å². The molecule has 9 heteroatoms. The van der Waals surface area contributed by atoms with Gasteiger partial charge in [-0.3, -0.25) is 14.9 Å². The number of carbonyl (C=O) groups is 1.